The van der Waals surface area contributed by atoms with E-state index in [0.717, 1.165) is 10.0 Å². The lowest BCUT2D eigenvalue weighted by molar-refractivity contribution is -0.123. The van der Waals surface area contributed by atoms with Crippen molar-refractivity contribution < 1.29 is 9.53 Å². The number of nitrogens with one attached hydrogen (secondary N) is 1. The Bertz CT molecular complexity index is 1040. The number of ether oxygens (including phenoxy) is 1. The van der Waals surface area contributed by atoms with Crippen LogP contribution in [0.1, 0.15) is 16.8 Å². The molecule has 9 heteroatoms. The van der Waals surface area contributed by atoms with Gasteiger partial charge in [-0.1, -0.05) is 57.3 Å². The molecule has 0 aliphatic rings. The summed E-state index contributed by atoms with van der Waals surface area (Å²) >= 11 is 15.7. The van der Waals surface area contributed by atoms with Crippen LogP contribution in [0, 0.1) is 6.92 Å². The molecule has 0 aliphatic heterocycles. The summed E-state index contributed by atoms with van der Waals surface area (Å²) in [5, 5.41) is 9.49. The Kier molecular flexibility index (Phi) is 7.30. The van der Waals surface area contributed by atoms with Crippen LogP contribution >= 0.6 is 39.1 Å². The van der Waals surface area contributed by atoms with Gasteiger partial charge in [0.1, 0.15) is 10.9 Å². The maximum absolute atomic E-state index is 11.9. The number of halogens is 3. The van der Waals surface area contributed by atoms with Gasteiger partial charge >= 0.3 is 0 Å². The maximum atomic E-state index is 11.9. The highest BCUT2D eigenvalue weighted by atomic mass is 79.9. The Labute approximate surface area is 186 Å². The number of aryl methyl sites for hydroxylation is 1. The monoisotopic (exact) mass is 494 g/mol. The van der Waals surface area contributed by atoms with Crippen LogP contribution in [-0.4, -0.2) is 28.5 Å². The van der Waals surface area contributed by atoms with Gasteiger partial charge in [-0.3, -0.25) is 4.79 Å². The van der Waals surface area contributed by atoms with Gasteiger partial charge in [0.2, 0.25) is 0 Å². The molecule has 0 atom stereocenters. The van der Waals surface area contributed by atoms with E-state index in [-0.39, 0.29) is 12.5 Å². The second-order valence-electron chi connectivity index (χ2n) is 6.11. The van der Waals surface area contributed by atoms with Gasteiger partial charge in [-0.25, -0.2) is 10.1 Å². The van der Waals surface area contributed by atoms with Crippen LogP contribution in [0.5, 0.6) is 5.75 Å². The first-order chi connectivity index (χ1) is 13.9. The van der Waals surface area contributed by atoms with E-state index in [1.54, 1.807) is 16.8 Å². The number of rotatable bonds is 7. The third-order valence-electron chi connectivity index (χ3n) is 3.90. The lowest BCUT2D eigenvalue weighted by Gasteiger charge is -2.05. The Morgan fingerprint density at radius 3 is 2.76 bits per heavy atom. The largest absolute Gasteiger partial charge is 0.484 e. The summed E-state index contributed by atoms with van der Waals surface area (Å²) in [7, 11) is 0. The fourth-order valence-electron chi connectivity index (χ4n) is 2.49. The molecule has 0 bridgehead atoms. The topological polar surface area (TPSA) is 68.5 Å². The summed E-state index contributed by atoms with van der Waals surface area (Å²) in [4.78, 5) is 11.9. The van der Waals surface area contributed by atoms with E-state index in [0.29, 0.717) is 33.7 Å². The summed E-state index contributed by atoms with van der Waals surface area (Å²) < 4.78 is 7.95. The highest BCUT2D eigenvalue weighted by Crippen LogP contribution is 2.20. The van der Waals surface area contributed by atoms with Crippen molar-refractivity contribution in [2.24, 2.45) is 5.10 Å². The molecule has 1 heterocycles. The third-order valence-corrected chi connectivity index (χ3v) is 5.05. The van der Waals surface area contributed by atoms with Crippen molar-refractivity contribution in [3.05, 3.63) is 80.0 Å². The number of hydrogen-bond acceptors (Lipinski definition) is 4. The van der Waals surface area contributed by atoms with Crippen LogP contribution in [0.4, 0.5) is 0 Å². The second-order valence-corrected chi connectivity index (χ2v) is 7.82. The molecule has 0 saturated heterocycles. The minimum Gasteiger partial charge on any atom is -0.484 e. The molecule has 3 rings (SSSR count). The Morgan fingerprint density at radius 1 is 1.28 bits per heavy atom. The van der Waals surface area contributed by atoms with E-state index in [2.05, 4.69) is 31.6 Å². The summed E-state index contributed by atoms with van der Waals surface area (Å²) in [6.45, 7) is 2.16. The zero-order valence-corrected chi connectivity index (χ0v) is 18.5. The predicted molar refractivity (Wildman–Crippen MR) is 118 cm³/mol. The fraction of sp³-hybridized carbons (Fsp3) is 0.150. The number of nitrogens with zero attached hydrogens (tertiary/aromatic N) is 3. The molecular weight excluding hydrogens is 479 g/mol. The number of carbonyl (C=O) groups excluding carboxylic acids is 1. The zero-order chi connectivity index (χ0) is 20.8. The average molecular weight is 496 g/mol. The quantitative estimate of drug-likeness (QED) is 0.376. The van der Waals surface area contributed by atoms with E-state index in [1.807, 2.05) is 43.3 Å². The van der Waals surface area contributed by atoms with Crippen LogP contribution in [0.2, 0.25) is 10.2 Å². The molecule has 0 aliphatic carbocycles. The van der Waals surface area contributed by atoms with Gasteiger partial charge in [-0.05, 0) is 42.8 Å². The number of hydrogen-bond donors (Lipinski definition) is 1. The molecule has 0 unspecified atom stereocenters. The van der Waals surface area contributed by atoms with Crippen LogP contribution in [-0.2, 0) is 11.3 Å². The predicted octanol–water partition coefficient (Wildman–Crippen LogP) is 4.84. The van der Waals surface area contributed by atoms with Crippen LogP contribution in [0.3, 0.4) is 0 Å². The first-order valence-corrected chi connectivity index (χ1v) is 10.1. The van der Waals surface area contributed by atoms with Crippen molar-refractivity contribution in [2.75, 3.05) is 6.61 Å². The second kappa shape index (κ2) is 9.91. The van der Waals surface area contributed by atoms with E-state index in [9.17, 15) is 4.79 Å². The molecule has 0 spiro atoms. The number of carbonyl (C=O) groups is 1. The number of hydrazone groups is 1. The molecule has 1 N–H and O–H groups in total. The van der Waals surface area contributed by atoms with E-state index < -0.39 is 0 Å². The van der Waals surface area contributed by atoms with Gasteiger partial charge in [-0.15, -0.1) is 0 Å². The summed E-state index contributed by atoms with van der Waals surface area (Å²) in [6.07, 6.45) is 1.47. The first kappa shape index (κ1) is 21.4. The van der Waals surface area contributed by atoms with E-state index in [4.69, 9.17) is 27.9 Å². The molecule has 3 aromatic rings. The molecular formula is C20H17BrCl2N4O2. The SMILES string of the molecule is Cc1nn(Cc2ccc(Cl)cc2)c(Cl)c1/C=N\NC(=O)COc1cccc(Br)c1. The summed E-state index contributed by atoms with van der Waals surface area (Å²) in [5.41, 5.74) is 4.77. The third kappa shape index (κ3) is 6.06. The van der Waals surface area contributed by atoms with Gasteiger partial charge in [0.25, 0.3) is 5.91 Å². The molecule has 29 heavy (non-hydrogen) atoms. The van der Waals surface area contributed by atoms with Gasteiger partial charge in [0, 0.05) is 9.50 Å². The van der Waals surface area contributed by atoms with Crippen molar-refractivity contribution in [1.29, 1.82) is 0 Å². The lowest BCUT2D eigenvalue weighted by atomic mass is 10.2. The van der Waals surface area contributed by atoms with Gasteiger partial charge < -0.3 is 4.74 Å². The van der Waals surface area contributed by atoms with Gasteiger partial charge in [0.15, 0.2) is 6.61 Å². The van der Waals surface area contributed by atoms with Crippen molar-refractivity contribution in [3.63, 3.8) is 0 Å². The van der Waals surface area contributed by atoms with Crippen LogP contribution in [0.15, 0.2) is 58.1 Å². The Morgan fingerprint density at radius 2 is 2.03 bits per heavy atom. The minimum absolute atomic E-state index is 0.156. The molecule has 1 aromatic heterocycles. The molecule has 0 saturated carbocycles. The number of aromatic nitrogens is 2. The Balaban J connectivity index is 1.58. The van der Waals surface area contributed by atoms with Crippen molar-refractivity contribution in [2.45, 2.75) is 13.5 Å². The zero-order valence-electron chi connectivity index (χ0n) is 15.4. The van der Waals surface area contributed by atoms with Crippen molar-refractivity contribution >= 4 is 51.3 Å². The number of amides is 1. The lowest BCUT2D eigenvalue weighted by Crippen LogP contribution is -2.24. The molecule has 2 aromatic carbocycles. The standard InChI is InChI=1S/C20H17BrCl2N4O2/c1-13-18(20(23)27(26-13)11-14-5-7-16(22)8-6-14)10-24-25-19(28)12-29-17-4-2-3-15(21)9-17/h2-10H,11-12H2,1H3,(H,25,28)/b24-10-. The molecule has 1 amide bonds. The molecule has 150 valence electrons. The minimum atomic E-state index is -0.386. The van der Waals surface area contributed by atoms with E-state index in [1.165, 1.54) is 6.21 Å². The Hall–Kier alpha value is -2.35. The highest BCUT2D eigenvalue weighted by molar-refractivity contribution is 9.10. The average Bonchev–Trinajstić information content (AvgIpc) is 2.95. The van der Waals surface area contributed by atoms with Crippen molar-refractivity contribution in [3.8, 4) is 5.75 Å². The molecule has 0 fully saturated rings. The maximum Gasteiger partial charge on any atom is 0.277 e. The number of benzene rings is 2. The smallest absolute Gasteiger partial charge is 0.277 e. The van der Waals surface area contributed by atoms with Gasteiger partial charge in [-0.2, -0.15) is 10.2 Å². The van der Waals surface area contributed by atoms with Crippen LogP contribution in [0.25, 0.3) is 0 Å². The normalized spacial score (nSPS) is 11.0. The summed E-state index contributed by atoms with van der Waals surface area (Å²) in [5.74, 6) is 0.199. The van der Waals surface area contributed by atoms with Crippen LogP contribution < -0.4 is 10.2 Å². The highest BCUT2D eigenvalue weighted by Gasteiger charge is 2.12. The van der Waals surface area contributed by atoms with Crippen molar-refractivity contribution in [1.82, 2.24) is 15.2 Å². The summed E-state index contributed by atoms with van der Waals surface area (Å²) in [6, 6.07) is 14.7. The van der Waals surface area contributed by atoms with Gasteiger partial charge in [0.05, 0.1) is 24.0 Å². The molecule has 0 radical (unpaired) electrons. The van der Waals surface area contributed by atoms with E-state index >= 15 is 0 Å². The first-order valence-electron chi connectivity index (χ1n) is 8.60. The molecule has 6 nitrogen and oxygen atoms in total. The fourth-order valence-corrected chi connectivity index (χ4v) is 3.28.